The third-order valence-corrected chi connectivity index (χ3v) is 3.47. The van der Waals surface area contributed by atoms with E-state index in [1.807, 2.05) is 0 Å². The van der Waals surface area contributed by atoms with Crippen molar-refractivity contribution >= 4 is 34.6 Å². The molecule has 6 heteroatoms. The molecule has 0 aliphatic rings. The Kier molecular flexibility index (Phi) is 4.72. The average Bonchev–Trinajstić information content (AvgIpc) is 2.57. The number of nitrogens with one attached hydrogen (secondary N) is 2. The molecule has 4 nitrogen and oxygen atoms in total. The van der Waals surface area contributed by atoms with Gasteiger partial charge in [0.25, 0.3) is 5.91 Å². The number of amides is 1. The predicted octanol–water partition coefficient (Wildman–Crippen LogP) is 4.87. The van der Waals surface area contributed by atoms with Gasteiger partial charge in [0.1, 0.15) is 11.5 Å². The van der Waals surface area contributed by atoms with Crippen molar-refractivity contribution in [2.45, 2.75) is 0 Å². The van der Waals surface area contributed by atoms with Crippen molar-refractivity contribution in [3.05, 3.63) is 83.4 Å². The summed E-state index contributed by atoms with van der Waals surface area (Å²) in [4.78, 5) is 16.2. The zero-order valence-electron chi connectivity index (χ0n) is 12.5. The van der Waals surface area contributed by atoms with Crippen LogP contribution in [0.3, 0.4) is 0 Å². The molecule has 0 radical (unpaired) electrons. The van der Waals surface area contributed by atoms with E-state index < -0.39 is 0 Å². The van der Waals surface area contributed by atoms with Gasteiger partial charge >= 0.3 is 0 Å². The zero-order chi connectivity index (χ0) is 16.9. The fourth-order valence-electron chi connectivity index (χ4n) is 2.08. The van der Waals surface area contributed by atoms with Crippen molar-refractivity contribution in [2.75, 3.05) is 10.6 Å². The Morgan fingerprint density at radius 1 is 1.00 bits per heavy atom. The van der Waals surface area contributed by atoms with Crippen molar-refractivity contribution in [2.24, 2.45) is 0 Å². The lowest BCUT2D eigenvalue weighted by atomic mass is 10.2. The summed E-state index contributed by atoms with van der Waals surface area (Å²) >= 11 is 5.88. The highest BCUT2D eigenvalue weighted by atomic mass is 35.5. The molecule has 1 amide bonds. The van der Waals surface area contributed by atoms with E-state index in [0.29, 0.717) is 22.1 Å². The second-order valence-electron chi connectivity index (χ2n) is 5.00. The van der Waals surface area contributed by atoms with Gasteiger partial charge in [-0.05, 0) is 42.5 Å². The highest BCUT2D eigenvalue weighted by Crippen LogP contribution is 2.19. The van der Waals surface area contributed by atoms with Crippen LogP contribution in [0.1, 0.15) is 10.5 Å². The second-order valence-corrected chi connectivity index (χ2v) is 5.44. The van der Waals surface area contributed by atoms with Crippen LogP contribution in [0.25, 0.3) is 0 Å². The number of nitrogens with zero attached hydrogens (tertiary/aromatic N) is 1. The molecule has 0 unspecified atom stereocenters. The Hall–Kier alpha value is -2.92. The minimum atomic E-state index is -0.361. The molecule has 2 aromatic carbocycles. The van der Waals surface area contributed by atoms with Crippen LogP contribution in [-0.4, -0.2) is 10.9 Å². The van der Waals surface area contributed by atoms with Gasteiger partial charge in [0.15, 0.2) is 0 Å². The molecule has 0 fully saturated rings. The van der Waals surface area contributed by atoms with Crippen LogP contribution in [0.4, 0.5) is 21.5 Å². The summed E-state index contributed by atoms with van der Waals surface area (Å²) in [6, 6.07) is 16.4. The lowest BCUT2D eigenvalue weighted by molar-refractivity contribution is 0.102. The number of carbonyl (C=O) groups is 1. The zero-order valence-corrected chi connectivity index (χ0v) is 13.2. The molecule has 0 bridgehead atoms. The van der Waals surface area contributed by atoms with Gasteiger partial charge in [0.05, 0.1) is 17.6 Å². The molecule has 0 saturated heterocycles. The Balaban J connectivity index is 1.70. The molecule has 24 heavy (non-hydrogen) atoms. The number of hydrogen-bond donors (Lipinski definition) is 2. The van der Waals surface area contributed by atoms with Crippen LogP contribution < -0.4 is 10.6 Å². The molecular formula is C18H13ClFN3O. The van der Waals surface area contributed by atoms with Gasteiger partial charge in [-0.2, -0.15) is 0 Å². The standard InChI is InChI=1S/C18H13ClFN3O/c19-12-4-3-5-13(10-12)23-18(24)17-9-8-14(11-21-17)22-16-7-2-1-6-15(16)20/h1-11,22H,(H,23,24). The van der Waals surface area contributed by atoms with Gasteiger partial charge in [-0.25, -0.2) is 9.37 Å². The molecule has 3 aromatic rings. The maximum atomic E-state index is 13.6. The van der Waals surface area contributed by atoms with Crippen LogP contribution in [-0.2, 0) is 0 Å². The normalized spacial score (nSPS) is 10.2. The van der Waals surface area contributed by atoms with Crippen LogP contribution in [0, 0.1) is 5.82 Å². The summed E-state index contributed by atoms with van der Waals surface area (Å²) in [5, 5.41) is 6.15. The molecule has 0 aliphatic carbocycles. The molecule has 1 aromatic heterocycles. The first-order valence-corrected chi connectivity index (χ1v) is 7.54. The molecule has 3 rings (SSSR count). The summed E-state index contributed by atoms with van der Waals surface area (Å²) in [7, 11) is 0. The number of hydrogen-bond acceptors (Lipinski definition) is 3. The highest BCUT2D eigenvalue weighted by Gasteiger charge is 2.08. The van der Waals surface area contributed by atoms with E-state index in [2.05, 4.69) is 15.6 Å². The number of pyridine rings is 1. The minimum absolute atomic E-state index is 0.244. The molecule has 2 N–H and O–H groups in total. The summed E-state index contributed by atoms with van der Waals surface area (Å²) in [5.41, 5.74) is 1.76. The molecule has 120 valence electrons. The Bertz CT molecular complexity index is 868. The van der Waals surface area contributed by atoms with Crippen molar-refractivity contribution in [1.82, 2.24) is 4.98 Å². The van der Waals surface area contributed by atoms with Gasteiger partial charge in [0, 0.05) is 10.7 Å². The number of aromatic nitrogens is 1. The summed E-state index contributed by atoms with van der Waals surface area (Å²) in [6.45, 7) is 0. The molecule has 0 aliphatic heterocycles. The van der Waals surface area contributed by atoms with E-state index in [9.17, 15) is 9.18 Å². The first-order valence-electron chi connectivity index (χ1n) is 7.16. The number of para-hydroxylation sites is 1. The largest absolute Gasteiger partial charge is 0.352 e. The van der Waals surface area contributed by atoms with Gasteiger partial charge in [0.2, 0.25) is 0 Å². The average molecular weight is 342 g/mol. The number of benzene rings is 2. The number of rotatable bonds is 4. The maximum Gasteiger partial charge on any atom is 0.274 e. The van der Waals surface area contributed by atoms with E-state index in [1.165, 1.54) is 12.3 Å². The fourth-order valence-corrected chi connectivity index (χ4v) is 2.27. The summed E-state index contributed by atoms with van der Waals surface area (Å²) in [5.74, 6) is -0.713. The smallest absolute Gasteiger partial charge is 0.274 e. The van der Waals surface area contributed by atoms with Crippen molar-refractivity contribution in [3.8, 4) is 0 Å². The van der Waals surface area contributed by atoms with Gasteiger partial charge < -0.3 is 10.6 Å². The molecule has 0 saturated carbocycles. The quantitative estimate of drug-likeness (QED) is 0.711. The number of halogens is 2. The number of anilines is 3. The Morgan fingerprint density at radius 2 is 1.83 bits per heavy atom. The fraction of sp³-hybridized carbons (Fsp3) is 0. The second kappa shape index (κ2) is 7.10. The van der Waals surface area contributed by atoms with Crippen molar-refractivity contribution in [1.29, 1.82) is 0 Å². The molecular weight excluding hydrogens is 329 g/mol. The Morgan fingerprint density at radius 3 is 2.54 bits per heavy atom. The van der Waals surface area contributed by atoms with Crippen LogP contribution in [0.5, 0.6) is 0 Å². The van der Waals surface area contributed by atoms with E-state index in [1.54, 1.807) is 54.6 Å². The monoisotopic (exact) mass is 341 g/mol. The topological polar surface area (TPSA) is 54.0 Å². The highest BCUT2D eigenvalue weighted by molar-refractivity contribution is 6.30. The maximum absolute atomic E-state index is 13.6. The minimum Gasteiger partial charge on any atom is -0.352 e. The first kappa shape index (κ1) is 16.0. The van der Waals surface area contributed by atoms with Gasteiger partial charge in [-0.15, -0.1) is 0 Å². The Labute approximate surface area is 143 Å². The van der Waals surface area contributed by atoms with E-state index in [0.717, 1.165) is 0 Å². The molecule has 0 spiro atoms. The van der Waals surface area contributed by atoms with Crippen LogP contribution >= 0.6 is 11.6 Å². The molecule has 0 atom stereocenters. The van der Waals surface area contributed by atoms with E-state index in [-0.39, 0.29) is 17.4 Å². The molecule has 1 heterocycles. The third-order valence-electron chi connectivity index (χ3n) is 3.23. The predicted molar refractivity (Wildman–Crippen MR) is 93.3 cm³/mol. The SMILES string of the molecule is O=C(Nc1cccc(Cl)c1)c1ccc(Nc2ccccc2F)cn1. The van der Waals surface area contributed by atoms with Crippen LogP contribution in [0.2, 0.25) is 5.02 Å². The van der Waals surface area contributed by atoms with Gasteiger partial charge in [-0.1, -0.05) is 29.8 Å². The van der Waals surface area contributed by atoms with Crippen molar-refractivity contribution < 1.29 is 9.18 Å². The summed E-state index contributed by atoms with van der Waals surface area (Å²) in [6.07, 6.45) is 1.47. The lowest BCUT2D eigenvalue weighted by Crippen LogP contribution is -2.13. The third kappa shape index (κ3) is 3.88. The number of carbonyl (C=O) groups excluding carboxylic acids is 1. The van der Waals surface area contributed by atoms with Crippen molar-refractivity contribution in [3.63, 3.8) is 0 Å². The first-order chi connectivity index (χ1) is 11.6. The summed E-state index contributed by atoms with van der Waals surface area (Å²) < 4.78 is 13.6. The van der Waals surface area contributed by atoms with E-state index >= 15 is 0 Å². The van der Waals surface area contributed by atoms with Gasteiger partial charge in [-0.3, -0.25) is 4.79 Å². The van der Waals surface area contributed by atoms with Crippen LogP contribution in [0.15, 0.2) is 66.9 Å². The van der Waals surface area contributed by atoms with E-state index in [4.69, 9.17) is 11.6 Å². The lowest BCUT2D eigenvalue weighted by Gasteiger charge is -2.08.